The quantitative estimate of drug-likeness (QED) is 0.635. The minimum atomic E-state index is -0.516. The Morgan fingerprint density at radius 3 is 2.54 bits per heavy atom. The molecule has 0 saturated heterocycles. The van der Waals surface area contributed by atoms with E-state index in [2.05, 4.69) is 26.6 Å². The highest BCUT2D eigenvalue weighted by atomic mass is 79.9. The second kappa shape index (κ2) is 9.91. The normalized spacial score (nSPS) is 11.8. The van der Waals surface area contributed by atoms with Gasteiger partial charge >= 0.3 is 0 Å². The topological polar surface area (TPSA) is 70.7 Å². The second-order valence-electron chi connectivity index (χ2n) is 6.44. The van der Waals surface area contributed by atoms with Gasteiger partial charge in [0, 0.05) is 15.8 Å². The average molecular weight is 469 g/mol. The smallest absolute Gasteiger partial charge is 0.241 e. The molecule has 1 atom stereocenters. The van der Waals surface area contributed by atoms with E-state index in [0.29, 0.717) is 16.5 Å². The first-order valence-corrected chi connectivity index (χ1v) is 9.79. The third kappa shape index (κ3) is 5.95. The highest BCUT2D eigenvalue weighted by Gasteiger charge is 2.21. The molecule has 2 aromatic rings. The van der Waals surface area contributed by atoms with Crippen molar-refractivity contribution in [3.8, 4) is 5.75 Å². The van der Waals surface area contributed by atoms with Gasteiger partial charge in [0.25, 0.3) is 0 Å². The number of carbonyl (C=O) groups excluding carboxylic acids is 2. The molecule has 2 aromatic carbocycles. The molecule has 0 aliphatic rings. The van der Waals surface area contributed by atoms with E-state index < -0.39 is 6.04 Å². The number of benzene rings is 2. The molecule has 0 heterocycles. The van der Waals surface area contributed by atoms with Gasteiger partial charge in [-0.2, -0.15) is 0 Å². The fraction of sp³-hybridized carbons (Fsp3) is 0.300. The number of hydrogen-bond acceptors (Lipinski definition) is 4. The van der Waals surface area contributed by atoms with E-state index in [4.69, 9.17) is 16.3 Å². The number of hydrogen-bond donors (Lipinski definition) is 2. The number of aryl methyl sites for hydroxylation is 1. The lowest BCUT2D eigenvalue weighted by molar-refractivity contribution is -0.122. The molecule has 2 rings (SSSR count). The van der Waals surface area contributed by atoms with Crippen LogP contribution in [0, 0.1) is 6.92 Å². The van der Waals surface area contributed by atoms with E-state index in [0.717, 1.165) is 15.7 Å². The van der Waals surface area contributed by atoms with Gasteiger partial charge in [-0.1, -0.05) is 27.5 Å². The van der Waals surface area contributed by atoms with Crippen molar-refractivity contribution in [1.29, 1.82) is 0 Å². The summed E-state index contributed by atoms with van der Waals surface area (Å²) in [5.41, 5.74) is 2.25. The number of halogens is 2. The number of ether oxygens (including phenoxy) is 1. The number of anilines is 2. The number of nitrogens with one attached hydrogen (secondary N) is 2. The first kappa shape index (κ1) is 22.2. The van der Waals surface area contributed by atoms with Crippen molar-refractivity contribution in [3.05, 3.63) is 51.5 Å². The molecule has 6 nitrogen and oxygen atoms in total. The number of methoxy groups -OCH3 is 1. The molecule has 0 radical (unpaired) electrons. The van der Waals surface area contributed by atoms with Crippen molar-refractivity contribution in [2.45, 2.75) is 19.9 Å². The summed E-state index contributed by atoms with van der Waals surface area (Å²) in [6, 6.07) is 10.1. The summed E-state index contributed by atoms with van der Waals surface area (Å²) in [7, 11) is 3.25. The van der Waals surface area contributed by atoms with Crippen LogP contribution in [0.2, 0.25) is 5.02 Å². The fourth-order valence-electron chi connectivity index (χ4n) is 2.51. The van der Waals surface area contributed by atoms with Crippen LogP contribution in [-0.4, -0.2) is 43.5 Å². The third-order valence-corrected chi connectivity index (χ3v) is 5.10. The molecule has 0 aliphatic carbocycles. The van der Waals surface area contributed by atoms with Crippen LogP contribution in [0.15, 0.2) is 40.9 Å². The predicted octanol–water partition coefficient (Wildman–Crippen LogP) is 4.32. The zero-order valence-electron chi connectivity index (χ0n) is 16.2. The van der Waals surface area contributed by atoms with E-state index in [1.165, 1.54) is 7.11 Å². The van der Waals surface area contributed by atoms with Gasteiger partial charge in [-0.05, 0) is 62.9 Å². The first-order chi connectivity index (χ1) is 13.2. The lowest BCUT2D eigenvalue weighted by atomic mass is 10.2. The molecule has 0 spiro atoms. The summed E-state index contributed by atoms with van der Waals surface area (Å²) in [4.78, 5) is 26.5. The van der Waals surface area contributed by atoms with E-state index in [9.17, 15) is 9.59 Å². The Kier molecular flexibility index (Phi) is 7.86. The largest absolute Gasteiger partial charge is 0.495 e. The Morgan fingerprint density at radius 2 is 1.93 bits per heavy atom. The molecule has 1 unspecified atom stereocenters. The Bertz CT molecular complexity index is 876. The minimum absolute atomic E-state index is 0.0768. The molecule has 0 bridgehead atoms. The van der Waals surface area contributed by atoms with Crippen LogP contribution in [0.25, 0.3) is 0 Å². The van der Waals surface area contributed by atoms with Crippen LogP contribution >= 0.6 is 27.5 Å². The molecule has 150 valence electrons. The van der Waals surface area contributed by atoms with Crippen molar-refractivity contribution < 1.29 is 14.3 Å². The summed E-state index contributed by atoms with van der Waals surface area (Å²) in [5, 5.41) is 6.07. The lowest BCUT2D eigenvalue weighted by Gasteiger charge is -2.23. The standard InChI is InChI=1S/C20H23BrClN3O3/c1-12-9-14(21)5-7-17(12)24-19(26)11-25(3)13(2)20(27)23-15-6-8-18(28-4)16(22)10-15/h5-10,13H,11H2,1-4H3,(H,23,27)(H,24,26). The van der Waals surface area contributed by atoms with Crippen molar-refractivity contribution in [2.75, 3.05) is 31.3 Å². The lowest BCUT2D eigenvalue weighted by Crippen LogP contribution is -2.43. The van der Waals surface area contributed by atoms with Gasteiger partial charge in [-0.15, -0.1) is 0 Å². The fourth-order valence-corrected chi connectivity index (χ4v) is 3.24. The highest BCUT2D eigenvalue weighted by molar-refractivity contribution is 9.10. The number of nitrogens with zero attached hydrogens (tertiary/aromatic N) is 1. The van der Waals surface area contributed by atoms with E-state index in [1.54, 1.807) is 37.1 Å². The van der Waals surface area contributed by atoms with Crippen LogP contribution in [0.1, 0.15) is 12.5 Å². The summed E-state index contributed by atoms with van der Waals surface area (Å²) in [5.74, 6) is 0.0983. The molecule has 0 aromatic heterocycles. The Labute approximate surface area is 178 Å². The first-order valence-electron chi connectivity index (χ1n) is 8.62. The molecular formula is C20H23BrClN3O3. The maximum absolute atomic E-state index is 12.5. The van der Waals surface area contributed by atoms with E-state index in [-0.39, 0.29) is 18.4 Å². The summed E-state index contributed by atoms with van der Waals surface area (Å²) < 4.78 is 6.05. The maximum Gasteiger partial charge on any atom is 0.241 e. The van der Waals surface area contributed by atoms with E-state index >= 15 is 0 Å². The zero-order valence-corrected chi connectivity index (χ0v) is 18.5. The van der Waals surface area contributed by atoms with Crippen LogP contribution in [0.5, 0.6) is 5.75 Å². The molecule has 2 N–H and O–H groups in total. The van der Waals surface area contributed by atoms with E-state index in [1.807, 2.05) is 25.1 Å². The van der Waals surface area contributed by atoms with Crippen molar-refractivity contribution >= 4 is 50.7 Å². The number of carbonyl (C=O) groups is 2. The van der Waals surface area contributed by atoms with Crippen molar-refractivity contribution in [1.82, 2.24) is 4.90 Å². The minimum Gasteiger partial charge on any atom is -0.495 e. The van der Waals surface area contributed by atoms with Gasteiger partial charge in [0.1, 0.15) is 5.75 Å². The second-order valence-corrected chi connectivity index (χ2v) is 7.76. The molecule has 8 heteroatoms. The average Bonchev–Trinajstić information content (AvgIpc) is 2.63. The zero-order chi connectivity index (χ0) is 20.8. The number of amides is 2. The molecule has 28 heavy (non-hydrogen) atoms. The molecule has 0 aliphatic heterocycles. The molecule has 0 fully saturated rings. The molecule has 0 saturated carbocycles. The van der Waals surface area contributed by atoms with Crippen LogP contribution in [0.4, 0.5) is 11.4 Å². The number of likely N-dealkylation sites (N-methyl/N-ethyl adjacent to an activating group) is 1. The third-order valence-electron chi connectivity index (χ3n) is 4.32. The van der Waals surface area contributed by atoms with Gasteiger partial charge in [0.2, 0.25) is 11.8 Å². The van der Waals surface area contributed by atoms with Gasteiger partial charge in [-0.25, -0.2) is 0 Å². The Hall–Kier alpha value is -2.09. The van der Waals surface area contributed by atoms with Crippen LogP contribution in [0.3, 0.4) is 0 Å². The summed E-state index contributed by atoms with van der Waals surface area (Å²) in [6.07, 6.45) is 0. The SMILES string of the molecule is COc1ccc(NC(=O)C(C)N(C)CC(=O)Nc2ccc(Br)cc2C)cc1Cl. The maximum atomic E-state index is 12.5. The van der Waals surface area contributed by atoms with Crippen LogP contribution < -0.4 is 15.4 Å². The van der Waals surface area contributed by atoms with Gasteiger partial charge in [-0.3, -0.25) is 14.5 Å². The van der Waals surface area contributed by atoms with Crippen LogP contribution in [-0.2, 0) is 9.59 Å². The van der Waals surface area contributed by atoms with Crippen molar-refractivity contribution in [2.24, 2.45) is 0 Å². The van der Waals surface area contributed by atoms with Crippen molar-refractivity contribution in [3.63, 3.8) is 0 Å². The predicted molar refractivity (Wildman–Crippen MR) is 116 cm³/mol. The highest BCUT2D eigenvalue weighted by Crippen LogP contribution is 2.27. The Morgan fingerprint density at radius 1 is 1.21 bits per heavy atom. The Balaban J connectivity index is 1.93. The molecule has 2 amide bonds. The summed E-state index contributed by atoms with van der Waals surface area (Å²) in [6.45, 7) is 3.73. The molecular weight excluding hydrogens is 446 g/mol. The monoisotopic (exact) mass is 467 g/mol. The number of rotatable bonds is 7. The van der Waals surface area contributed by atoms with Gasteiger partial charge in [0.15, 0.2) is 0 Å². The summed E-state index contributed by atoms with van der Waals surface area (Å²) >= 11 is 9.48. The van der Waals surface area contributed by atoms with Gasteiger partial charge in [0.05, 0.1) is 24.7 Å². The van der Waals surface area contributed by atoms with Gasteiger partial charge < -0.3 is 15.4 Å².